The Hall–Kier alpha value is -2.95. The number of benzene rings is 1. The first-order valence-electron chi connectivity index (χ1n) is 11.1. The van der Waals surface area contributed by atoms with E-state index in [-0.39, 0.29) is 33.4 Å². The highest BCUT2D eigenvalue weighted by atomic mass is 35.5. The van der Waals surface area contributed by atoms with E-state index in [0.29, 0.717) is 26.1 Å². The van der Waals surface area contributed by atoms with Crippen LogP contribution in [0.4, 0.5) is 25.4 Å². The van der Waals surface area contributed by atoms with Gasteiger partial charge >= 0.3 is 12.2 Å². The van der Waals surface area contributed by atoms with E-state index < -0.39 is 29.5 Å². The van der Waals surface area contributed by atoms with Crippen LogP contribution in [0, 0.1) is 11.2 Å². The maximum atomic E-state index is 15.2. The second-order valence-corrected chi connectivity index (χ2v) is 10.5. The fourth-order valence-electron chi connectivity index (χ4n) is 3.79. The third kappa shape index (κ3) is 6.55. The van der Waals surface area contributed by atoms with Crippen molar-refractivity contribution >= 4 is 41.1 Å². The van der Waals surface area contributed by atoms with Gasteiger partial charge in [0.1, 0.15) is 11.4 Å². The first-order chi connectivity index (χ1) is 15.8. The molecule has 1 heterocycles. The molecular weight excluding hydrogens is 469 g/mol. The number of carbonyl (C=O) groups is 3. The van der Waals surface area contributed by atoms with Crippen LogP contribution in [-0.2, 0) is 4.74 Å². The third-order valence-electron chi connectivity index (χ3n) is 5.58. The van der Waals surface area contributed by atoms with Crippen LogP contribution < -0.4 is 26.4 Å². The van der Waals surface area contributed by atoms with Gasteiger partial charge in [-0.1, -0.05) is 18.5 Å². The van der Waals surface area contributed by atoms with Crippen molar-refractivity contribution < 1.29 is 28.6 Å². The molecule has 3 amide bonds. The van der Waals surface area contributed by atoms with Gasteiger partial charge in [-0.05, 0) is 46.1 Å². The summed E-state index contributed by atoms with van der Waals surface area (Å²) in [6.45, 7) is 8.60. The number of anilines is 2. The molecule has 0 radical (unpaired) electrons. The van der Waals surface area contributed by atoms with Crippen molar-refractivity contribution in [2.45, 2.75) is 58.6 Å². The molecule has 1 saturated heterocycles. The van der Waals surface area contributed by atoms with E-state index in [9.17, 15) is 14.4 Å². The molecular formula is C22H31ClFN5O5. The van der Waals surface area contributed by atoms with Crippen LogP contribution in [0.1, 0.15) is 57.3 Å². The van der Waals surface area contributed by atoms with E-state index in [0.717, 1.165) is 18.9 Å². The number of amides is 3. The monoisotopic (exact) mass is 499 g/mol. The molecule has 12 heteroatoms. The Bertz CT molecular complexity index is 981. The lowest BCUT2D eigenvalue weighted by atomic mass is 9.90. The molecule has 10 nitrogen and oxygen atoms in total. The first kappa shape index (κ1) is 25.7. The highest BCUT2D eigenvalue weighted by molar-refractivity contribution is 6.37. The topological polar surface area (TPSA) is 132 Å². The highest BCUT2D eigenvalue weighted by Gasteiger charge is 2.38. The Morgan fingerprint density at radius 1 is 1.29 bits per heavy atom. The number of hydrogen-bond donors (Lipinski definition) is 5. The van der Waals surface area contributed by atoms with Gasteiger partial charge in [0.15, 0.2) is 0 Å². The lowest BCUT2D eigenvalue weighted by Gasteiger charge is -2.28. The van der Waals surface area contributed by atoms with Gasteiger partial charge in [-0.25, -0.2) is 19.4 Å². The van der Waals surface area contributed by atoms with Crippen LogP contribution in [0.25, 0.3) is 0 Å². The lowest BCUT2D eigenvalue weighted by molar-refractivity contribution is 0.0507. The zero-order valence-corrected chi connectivity index (χ0v) is 20.4. The summed E-state index contributed by atoms with van der Waals surface area (Å²) in [6.07, 6.45) is 0.474. The van der Waals surface area contributed by atoms with Gasteiger partial charge in [0, 0.05) is 31.1 Å². The summed E-state index contributed by atoms with van der Waals surface area (Å²) >= 11 is 6.62. The smallest absolute Gasteiger partial charge is 0.423 e. The van der Waals surface area contributed by atoms with E-state index in [1.807, 2.05) is 12.3 Å². The van der Waals surface area contributed by atoms with Gasteiger partial charge in [-0.15, -0.1) is 0 Å². The summed E-state index contributed by atoms with van der Waals surface area (Å²) < 4.78 is 20.5. The molecule has 1 aliphatic carbocycles. The maximum Gasteiger partial charge on any atom is 0.423 e. The van der Waals surface area contributed by atoms with Gasteiger partial charge in [0.2, 0.25) is 0 Å². The zero-order chi connectivity index (χ0) is 25.3. The number of hydrazine groups is 1. The minimum atomic E-state index is -1.45. The largest absolute Gasteiger partial charge is 0.464 e. The molecule has 1 unspecified atom stereocenters. The van der Waals surface area contributed by atoms with Gasteiger partial charge in [-0.2, -0.15) is 0 Å². The van der Waals surface area contributed by atoms with Crippen LogP contribution in [0.5, 0.6) is 0 Å². The predicted octanol–water partition coefficient (Wildman–Crippen LogP) is 3.71. The van der Waals surface area contributed by atoms with E-state index in [4.69, 9.17) is 21.4 Å². The van der Waals surface area contributed by atoms with E-state index in [1.165, 1.54) is 0 Å². The van der Waals surface area contributed by atoms with Gasteiger partial charge in [0.05, 0.1) is 22.0 Å². The number of nitrogens with zero attached hydrogens (tertiary/aromatic N) is 1. The standard InChI is InChI=1S/C22H31ClFN5O5/c1-21(2,3)34-20(33)25-10-22(4)7-8-29(11-22)17-14(24)9-13(18(30)27-28-19(31)32)16(15(17)23)26-12-5-6-12/h9,12,26,28H,5-8,10-11H2,1-4H3,(H,25,33)(H,27,30)(H,31,32). The van der Waals surface area contributed by atoms with Crippen molar-refractivity contribution in [1.29, 1.82) is 0 Å². The van der Waals surface area contributed by atoms with Crippen molar-refractivity contribution in [3.63, 3.8) is 0 Å². The van der Waals surface area contributed by atoms with Gasteiger partial charge in [-0.3, -0.25) is 10.2 Å². The van der Waals surface area contributed by atoms with E-state index in [1.54, 1.807) is 31.1 Å². The Morgan fingerprint density at radius 2 is 1.97 bits per heavy atom. The summed E-state index contributed by atoms with van der Waals surface area (Å²) in [4.78, 5) is 37.1. The summed E-state index contributed by atoms with van der Waals surface area (Å²) in [6, 6.07) is 1.16. The Kier molecular flexibility index (Phi) is 7.35. The van der Waals surface area contributed by atoms with Gasteiger partial charge < -0.3 is 25.4 Å². The second-order valence-electron chi connectivity index (χ2n) is 10.1. The quantitative estimate of drug-likeness (QED) is 0.377. The molecule has 3 rings (SSSR count). The van der Waals surface area contributed by atoms with Crippen LogP contribution >= 0.6 is 11.6 Å². The third-order valence-corrected chi connectivity index (χ3v) is 5.95. The van der Waals surface area contributed by atoms with Gasteiger partial charge in [0.25, 0.3) is 5.91 Å². The van der Waals surface area contributed by atoms with E-state index >= 15 is 4.39 Å². The number of carbonyl (C=O) groups excluding carboxylic acids is 2. The average molecular weight is 500 g/mol. The van der Waals surface area contributed by atoms with Crippen molar-refractivity contribution in [3.8, 4) is 0 Å². The molecule has 1 aromatic rings. The number of hydrogen-bond acceptors (Lipinski definition) is 6. The summed E-state index contributed by atoms with van der Waals surface area (Å²) in [5, 5.41) is 14.7. The Labute approximate surface area is 202 Å². The normalized spacial score (nSPS) is 20.0. The van der Waals surface area contributed by atoms with Crippen LogP contribution in [0.15, 0.2) is 6.07 Å². The van der Waals surface area contributed by atoms with E-state index in [2.05, 4.69) is 10.6 Å². The molecule has 1 atom stereocenters. The fraction of sp³-hybridized carbons (Fsp3) is 0.591. The van der Waals surface area contributed by atoms with Crippen molar-refractivity contribution in [1.82, 2.24) is 16.2 Å². The summed E-state index contributed by atoms with van der Waals surface area (Å²) in [5.41, 5.74) is 3.14. The Balaban J connectivity index is 1.79. The van der Waals surface area contributed by atoms with Crippen LogP contribution in [0.2, 0.25) is 5.02 Å². The SMILES string of the molecule is CC1(CNC(=O)OC(C)(C)C)CCN(c2c(F)cc(C(=O)NNC(=O)O)c(NC3CC3)c2Cl)C1. The molecule has 34 heavy (non-hydrogen) atoms. The number of ether oxygens (including phenoxy) is 1. The minimum absolute atomic E-state index is 0.0525. The maximum absolute atomic E-state index is 15.2. The molecule has 0 bridgehead atoms. The number of halogens is 2. The number of alkyl carbamates (subject to hydrolysis) is 1. The summed E-state index contributed by atoms with van der Waals surface area (Å²) in [7, 11) is 0. The average Bonchev–Trinajstić information content (AvgIpc) is 3.46. The zero-order valence-electron chi connectivity index (χ0n) is 19.7. The number of carboxylic acid groups (broad SMARTS) is 1. The number of nitrogens with one attached hydrogen (secondary N) is 4. The van der Waals surface area contributed by atoms with Crippen molar-refractivity contribution in [2.24, 2.45) is 5.41 Å². The first-order valence-corrected chi connectivity index (χ1v) is 11.5. The molecule has 1 aliphatic heterocycles. The molecule has 1 aromatic carbocycles. The highest BCUT2D eigenvalue weighted by Crippen LogP contribution is 2.43. The Morgan fingerprint density at radius 3 is 2.56 bits per heavy atom. The van der Waals surface area contributed by atoms with Crippen molar-refractivity contribution in [2.75, 3.05) is 29.9 Å². The van der Waals surface area contributed by atoms with Crippen LogP contribution in [0.3, 0.4) is 0 Å². The number of rotatable bonds is 6. The molecule has 2 aliphatic rings. The molecule has 188 valence electrons. The lowest BCUT2D eigenvalue weighted by Crippen LogP contribution is -2.41. The molecule has 5 N–H and O–H groups in total. The molecule has 1 saturated carbocycles. The fourth-order valence-corrected chi connectivity index (χ4v) is 4.15. The summed E-state index contributed by atoms with van der Waals surface area (Å²) in [5.74, 6) is -1.53. The predicted molar refractivity (Wildman–Crippen MR) is 126 cm³/mol. The molecule has 2 fully saturated rings. The second kappa shape index (κ2) is 9.73. The van der Waals surface area contributed by atoms with Crippen molar-refractivity contribution in [3.05, 3.63) is 22.5 Å². The van der Waals surface area contributed by atoms with Crippen LogP contribution in [-0.4, -0.2) is 54.5 Å². The minimum Gasteiger partial charge on any atom is -0.464 e. The molecule has 0 aromatic heterocycles. The molecule has 0 spiro atoms.